The molecule has 0 aliphatic carbocycles. The molecule has 0 fully saturated rings. The summed E-state index contributed by atoms with van der Waals surface area (Å²) in [7, 11) is 3.86. The fourth-order valence-corrected chi connectivity index (χ4v) is 3.83. The van der Waals surface area contributed by atoms with Gasteiger partial charge < -0.3 is 9.80 Å². The monoisotopic (exact) mass is 374 g/mol. The number of amides is 1. The van der Waals surface area contributed by atoms with Crippen molar-refractivity contribution >= 4 is 39.1 Å². The maximum Gasteiger partial charge on any atom is 0.277 e. The van der Waals surface area contributed by atoms with Gasteiger partial charge in [0.2, 0.25) is 0 Å². The average molecular weight is 375 g/mol. The average Bonchev–Trinajstić information content (AvgIpc) is 2.99. The third-order valence-electron chi connectivity index (χ3n) is 4.01. The van der Waals surface area contributed by atoms with Gasteiger partial charge in [-0.2, -0.15) is 0 Å². The lowest BCUT2D eigenvalue weighted by Gasteiger charge is -2.19. The zero-order chi connectivity index (χ0) is 17.8. The molecule has 3 aromatic rings. The number of aromatic nitrogens is 1. The molecule has 1 amide bonds. The Kier molecular flexibility index (Phi) is 5.68. The van der Waals surface area contributed by atoms with Crippen molar-refractivity contribution in [1.29, 1.82) is 0 Å². The van der Waals surface area contributed by atoms with E-state index in [1.54, 1.807) is 16.2 Å². The topological polar surface area (TPSA) is 37.6 Å². The molecular weight excluding hydrogens is 354 g/mol. The molecule has 1 atom stereocenters. The highest BCUT2D eigenvalue weighted by atomic mass is 35.5. The summed E-state index contributed by atoms with van der Waals surface area (Å²) < 4.78 is 1.16. The number of benzene rings is 2. The van der Waals surface area contributed by atoms with E-state index in [9.17, 15) is 4.79 Å². The van der Waals surface area contributed by atoms with Gasteiger partial charge in [0.15, 0.2) is 6.54 Å². The zero-order valence-electron chi connectivity index (χ0n) is 14.3. The van der Waals surface area contributed by atoms with E-state index in [2.05, 4.69) is 11.1 Å². The summed E-state index contributed by atoms with van der Waals surface area (Å²) >= 11 is 7.55. The van der Waals surface area contributed by atoms with Crippen LogP contribution in [0.25, 0.3) is 10.2 Å². The van der Waals surface area contributed by atoms with Crippen molar-refractivity contribution in [2.24, 2.45) is 0 Å². The minimum absolute atomic E-state index is 0.116. The first-order valence-electron chi connectivity index (χ1n) is 8.15. The van der Waals surface area contributed by atoms with Gasteiger partial charge in [-0.05, 0) is 24.3 Å². The molecule has 0 aliphatic rings. The molecule has 1 unspecified atom stereocenters. The second kappa shape index (κ2) is 7.95. The fraction of sp³-hybridized carbons (Fsp3) is 0.263. The molecule has 1 heterocycles. The summed E-state index contributed by atoms with van der Waals surface area (Å²) in [6.45, 7) is 1.79. The number of carbonyl (C=O) groups excluding carboxylic acids is 1. The third-order valence-corrected chi connectivity index (χ3v) is 5.28. The summed E-state index contributed by atoms with van der Waals surface area (Å²) in [5, 5.41) is 1.69. The SMILES string of the molecule is CN(Cc1nc2ccccc2s1)C(=O)C[NH+](C)Cc1ccc(Cl)cc1. The Labute approximate surface area is 156 Å². The Balaban J connectivity index is 1.55. The number of hydrogen-bond donors (Lipinski definition) is 1. The second-order valence-corrected chi connectivity index (χ2v) is 7.81. The highest BCUT2D eigenvalue weighted by molar-refractivity contribution is 7.18. The summed E-state index contributed by atoms with van der Waals surface area (Å²) in [5.74, 6) is 0.116. The first-order chi connectivity index (χ1) is 12.0. The first kappa shape index (κ1) is 17.9. The van der Waals surface area contributed by atoms with Gasteiger partial charge in [0, 0.05) is 17.6 Å². The number of quaternary nitrogens is 1. The smallest absolute Gasteiger partial charge is 0.277 e. The molecule has 3 rings (SSSR count). The van der Waals surface area contributed by atoms with Gasteiger partial charge >= 0.3 is 0 Å². The zero-order valence-corrected chi connectivity index (χ0v) is 15.9. The molecule has 25 heavy (non-hydrogen) atoms. The van der Waals surface area contributed by atoms with Crippen molar-refractivity contribution < 1.29 is 9.69 Å². The molecule has 1 aromatic heterocycles. The predicted molar refractivity (Wildman–Crippen MR) is 103 cm³/mol. The van der Waals surface area contributed by atoms with E-state index in [4.69, 9.17) is 11.6 Å². The second-order valence-electron chi connectivity index (χ2n) is 6.26. The van der Waals surface area contributed by atoms with Gasteiger partial charge in [-0.25, -0.2) is 4.98 Å². The van der Waals surface area contributed by atoms with Crippen molar-refractivity contribution in [3.63, 3.8) is 0 Å². The molecule has 130 valence electrons. The van der Waals surface area contributed by atoms with E-state index >= 15 is 0 Å². The minimum Gasteiger partial charge on any atom is -0.334 e. The standard InChI is InChI=1S/C19H20ClN3OS/c1-22(11-14-7-9-15(20)10-8-14)13-19(24)23(2)12-18-21-16-5-3-4-6-17(16)25-18/h3-10H,11-13H2,1-2H3/p+1. The molecule has 0 radical (unpaired) electrons. The van der Waals surface area contributed by atoms with Crippen LogP contribution in [0, 0.1) is 0 Å². The molecule has 6 heteroatoms. The van der Waals surface area contributed by atoms with Crippen LogP contribution in [0.3, 0.4) is 0 Å². The van der Waals surface area contributed by atoms with Crippen LogP contribution in [0.15, 0.2) is 48.5 Å². The Morgan fingerprint density at radius 1 is 1.20 bits per heavy atom. The lowest BCUT2D eigenvalue weighted by Crippen LogP contribution is -3.08. The molecule has 1 N–H and O–H groups in total. The minimum atomic E-state index is 0.116. The Morgan fingerprint density at radius 2 is 1.92 bits per heavy atom. The van der Waals surface area contributed by atoms with Crippen LogP contribution in [0.2, 0.25) is 5.02 Å². The normalized spacial score (nSPS) is 12.3. The lowest BCUT2D eigenvalue weighted by atomic mass is 10.2. The van der Waals surface area contributed by atoms with Crippen LogP contribution in [-0.2, 0) is 17.9 Å². The quantitative estimate of drug-likeness (QED) is 0.720. The molecule has 0 bridgehead atoms. The molecule has 0 spiro atoms. The number of para-hydroxylation sites is 1. The van der Waals surface area contributed by atoms with Crippen molar-refractivity contribution in [3.8, 4) is 0 Å². The number of fused-ring (bicyclic) bond motifs is 1. The van der Waals surface area contributed by atoms with Gasteiger partial charge in [0.05, 0.1) is 23.8 Å². The van der Waals surface area contributed by atoms with Crippen LogP contribution in [0.4, 0.5) is 0 Å². The lowest BCUT2D eigenvalue weighted by molar-refractivity contribution is -0.885. The van der Waals surface area contributed by atoms with E-state index in [0.29, 0.717) is 13.1 Å². The van der Waals surface area contributed by atoms with E-state index in [-0.39, 0.29) is 5.91 Å². The highest BCUT2D eigenvalue weighted by Crippen LogP contribution is 2.22. The molecular formula is C19H21ClN3OS+. The van der Waals surface area contributed by atoms with Gasteiger partial charge in [0.1, 0.15) is 11.6 Å². The van der Waals surface area contributed by atoms with E-state index in [0.717, 1.165) is 31.7 Å². The number of likely N-dealkylation sites (N-methyl/N-ethyl adjacent to an activating group) is 2. The van der Waals surface area contributed by atoms with E-state index in [1.165, 1.54) is 5.56 Å². The van der Waals surface area contributed by atoms with Crippen LogP contribution < -0.4 is 4.90 Å². The van der Waals surface area contributed by atoms with Gasteiger partial charge in [0.25, 0.3) is 5.91 Å². The Morgan fingerprint density at radius 3 is 2.64 bits per heavy atom. The summed E-state index contributed by atoms with van der Waals surface area (Å²) in [4.78, 5) is 20.0. The van der Waals surface area contributed by atoms with E-state index in [1.807, 2.05) is 56.6 Å². The van der Waals surface area contributed by atoms with Gasteiger partial charge in [-0.3, -0.25) is 4.79 Å². The van der Waals surface area contributed by atoms with Gasteiger partial charge in [-0.15, -0.1) is 11.3 Å². The van der Waals surface area contributed by atoms with Crippen LogP contribution >= 0.6 is 22.9 Å². The predicted octanol–water partition coefficient (Wildman–Crippen LogP) is 2.62. The van der Waals surface area contributed by atoms with Crippen LogP contribution in [-0.4, -0.2) is 36.4 Å². The maximum atomic E-state index is 12.5. The number of rotatable bonds is 6. The molecule has 0 saturated heterocycles. The number of nitrogens with zero attached hydrogens (tertiary/aromatic N) is 2. The van der Waals surface area contributed by atoms with E-state index < -0.39 is 0 Å². The summed E-state index contributed by atoms with van der Waals surface area (Å²) in [5.41, 5.74) is 2.16. The molecule has 0 aliphatic heterocycles. The number of hydrogen-bond acceptors (Lipinski definition) is 3. The summed E-state index contributed by atoms with van der Waals surface area (Å²) in [6, 6.07) is 15.8. The fourth-order valence-electron chi connectivity index (χ4n) is 2.68. The maximum absolute atomic E-state index is 12.5. The van der Waals surface area contributed by atoms with Crippen molar-refractivity contribution in [2.75, 3.05) is 20.6 Å². The van der Waals surface area contributed by atoms with Crippen molar-refractivity contribution in [1.82, 2.24) is 9.88 Å². The molecule has 0 saturated carbocycles. The number of halogens is 1. The third kappa shape index (κ3) is 4.78. The first-order valence-corrected chi connectivity index (χ1v) is 9.35. The molecule has 2 aromatic carbocycles. The van der Waals surface area contributed by atoms with Crippen LogP contribution in [0.5, 0.6) is 0 Å². The largest absolute Gasteiger partial charge is 0.334 e. The highest BCUT2D eigenvalue weighted by Gasteiger charge is 2.16. The van der Waals surface area contributed by atoms with Crippen LogP contribution in [0.1, 0.15) is 10.6 Å². The van der Waals surface area contributed by atoms with Crippen molar-refractivity contribution in [3.05, 3.63) is 64.1 Å². The number of nitrogens with one attached hydrogen (secondary N) is 1. The molecule has 4 nitrogen and oxygen atoms in total. The Bertz CT molecular complexity index is 829. The summed E-state index contributed by atoms with van der Waals surface area (Å²) in [6.07, 6.45) is 0. The van der Waals surface area contributed by atoms with Crippen molar-refractivity contribution in [2.45, 2.75) is 13.1 Å². The van der Waals surface area contributed by atoms with Gasteiger partial charge in [-0.1, -0.05) is 35.9 Å². The number of thiazole rings is 1. The Hall–Kier alpha value is -1.95. The number of carbonyl (C=O) groups is 1.